The van der Waals surface area contributed by atoms with Crippen molar-refractivity contribution >= 4 is 5.96 Å². The lowest BCUT2D eigenvalue weighted by Crippen LogP contribution is -2.46. The van der Waals surface area contributed by atoms with E-state index in [-0.39, 0.29) is 0 Å². The van der Waals surface area contributed by atoms with Crippen LogP contribution in [0.3, 0.4) is 0 Å². The molecule has 124 valence electrons. The molecule has 5 heteroatoms. The molecule has 1 rings (SSSR count). The van der Waals surface area contributed by atoms with Crippen molar-refractivity contribution in [1.29, 1.82) is 0 Å². The third kappa shape index (κ3) is 7.14. The summed E-state index contributed by atoms with van der Waals surface area (Å²) in [5.41, 5.74) is 0.521. The van der Waals surface area contributed by atoms with Gasteiger partial charge in [0.2, 0.25) is 0 Å². The standard InChI is InChI=1S/C16H33N3O2/c1-4-16(8-7-9-16)14-19-15(17-2)18-10-5-6-11-21-13-12-20-3/h4-14H2,1-3H3,(H2,17,18,19). The molecule has 21 heavy (non-hydrogen) atoms. The molecular formula is C16H33N3O2. The molecule has 0 unspecified atom stereocenters. The van der Waals surface area contributed by atoms with Crippen LogP contribution in [-0.4, -0.2) is 53.0 Å². The van der Waals surface area contributed by atoms with Crippen molar-refractivity contribution in [3.05, 3.63) is 0 Å². The van der Waals surface area contributed by atoms with Gasteiger partial charge in [0.1, 0.15) is 0 Å². The molecule has 0 bridgehead atoms. The molecule has 0 radical (unpaired) electrons. The molecule has 1 saturated carbocycles. The predicted molar refractivity (Wildman–Crippen MR) is 87.9 cm³/mol. The van der Waals surface area contributed by atoms with E-state index in [1.165, 1.54) is 25.7 Å². The Morgan fingerprint density at radius 3 is 2.52 bits per heavy atom. The molecule has 0 aromatic heterocycles. The first-order chi connectivity index (χ1) is 10.3. The van der Waals surface area contributed by atoms with E-state index in [1.54, 1.807) is 7.11 Å². The zero-order valence-corrected chi connectivity index (χ0v) is 14.0. The van der Waals surface area contributed by atoms with Crippen LogP contribution in [0.25, 0.3) is 0 Å². The van der Waals surface area contributed by atoms with Gasteiger partial charge in [-0.15, -0.1) is 0 Å². The average molecular weight is 299 g/mol. The fourth-order valence-corrected chi connectivity index (χ4v) is 2.60. The number of aliphatic imine (C=N–C) groups is 1. The van der Waals surface area contributed by atoms with Crippen LogP contribution in [0, 0.1) is 5.41 Å². The van der Waals surface area contributed by atoms with Crippen LogP contribution in [0.2, 0.25) is 0 Å². The molecule has 0 saturated heterocycles. The van der Waals surface area contributed by atoms with Crippen LogP contribution >= 0.6 is 0 Å². The van der Waals surface area contributed by atoms with E-state index in [2.05, 4.69) is 22.5 Å². The van der Waals surface area contributed by atoms with Crippen LogP contribution in [0.5, 0.6) is 0 Å². The van der Waals surface area contributed by atoms with Gasteiger partial charge in [-0.2, -0.15) is 0 Å². The highest BCUT2D eigenvalue weighted by molar-refractivity contribution is 5.79. The van der Waals surface area contributed by atoms with Gasteiger partial charge in [0.05, 0.1) is 13.2 Å². The number of guanidine groups is 1. The summed E-state index contributed by atoms with van der Waals surface area (Å²) in [7, 11) is 3.53. The zero-order chi connectivity index (χ0) is 15.4. The predicted octanol–water partition coefficient (Wildman–Crippen LogP) is 2.17. The van der Waals surface area contributed by atoms with Gasteiger partial charge in [-0.25, -0.2) is 0 Å². The maximum Gasteiger partial charge on any atom is 0.190 e. The number of rotatable bonds is 11. The lowest BCUT2D eigenvalue weighted by atomic mass is 9.67. The fourth-order valence-electron chi connectivity index (χ4n) is 2.60. The van der Waals surface area contributed by atoms with Crippen molar-refractivity contribution < 1.29 is 9.47 Å². The Morgan fingerprint density at radius 1 is 1.14 bits per heavy atom. The molecule has 0 spiro atoms. The lowest BCUT2D eigenvalue weighted by Gasteiger charge is -2.41. The molecule has 0 heterocycles. The van der Waals surface area contributed by atoms with Crippen LogP contribution < -0.4 is 10.6 Å². The van der Waals surface area contributed by atoms with Gasteiger partial charge < -0.3 is 20.1 Å². The summed E-state index contributed by atoms with van der Waals surface area (Å²) in [6.45, 7) is 6.44. The van der Waals surface area contributed by atoms with Crippen LogP contribution in [0.1, 0.15) is 45.4 Å². The lowest BCUT2D eigenvalue weighted by molar-refractivity contribution is 0.0689. The van der Waals surface area contributed by atoms with Gasteiger partial charge in [-0.1, -0.05) is 13.3 Å². The van der Waals surface area contributed by atoms with E-state index in [4.69, 9.17) is 9.47 Å². The molecule has 1 aliphatic carbocycles. The van der Waals surface area contributed by atoms with Crippen molar-refractivity contribution in [3.8, 4) is 0 Å². The Hall–Kier alpha value is -0.810. The second-order valence-electron chi connectivity index (χ2n) is 5.87. The summed E-state index contributed by atoms with van der Waals surface area (Å²) in [5, 5.41) is 6.85. The maximum atomic E-state index is 5.44. The van der Waals surface area contributed by atoms with Gasteiger partial charge >= 0.3 is 0 Å². The smallest absolute Gasteiger partial charge is 0.190 e. The normalized spacial score (nSPS) is 17.4. The second kappa shape index (κ2) is 10.9. The SMILES string of the molecule is CCC1(CNC(=NC)NCCCCOCCOC)CCC1. The van der Waals surface area contributed by atoms with E-state index in [0.717, 1.165) is 38.5 Å². The van der Waals surface area contributed by atoms with Crippen LogP contribution in [0.4, 0.5) is 0 Å². The summed E-state index contributed by atoms with van der Waals surface area (Å²) in [5.74, 6) is 0.926. The summed E-state index contributed by atoms with van der Waals surface area (Å²) in [4.78, 5) is 4.29. The number of hydrogen-bond acceptors (Lipinski definition) is 3. The quantitative estimate of drug-likeness (QED) is 0.349. The summed E-state index contributed by atoms with van der Waals surface area (Å²) >= 11 is 0. The monoisotopic (exact) mass is 299 g/mol. The van der Waals surface area contributed by atoms with Crippen molar-refractivity contribution in [2.75, 3.05) is 47.1 Å². The van der Waals surface area contributed by atoms with Crippen molar-refractivity contribution in [2.45, 2.75) is 45.4 Å². The second-order valence-corrected chi connectivity index (χ2v) is 5.87. The fraction of sp³-hybridized carbons (Fsp3) is 0.938. The summed E-state index contributed by atoms with van der Waals surface area (Å²) in [6.07, 6.45) is 7.50. The molecule has 0 aromatic rings. The van der Waals surface area contributed by atoms with Crippen molar-refractivity contribution in [2.24, 2.45) is 10.4 Å². The van der Waals surface area contributed by atoms with Crippen LogP contribution in [0.15, 0.2) is 4.99 Å². The molecule has 0 amide bonds. The van der Waals surface area contributed by atoms with E-state index in [0.29, 0.717) is 18.6 Å². The summed E-state index contributed by atoms with van der Waals surface area (Å²) in [6, 6.07) is 0. The Morgan fingerprint density at radius 2 is 1.95 bits per heavy atom. The largest absolute Gasteiger partial charge is 0.382 e. The highest BCUT2D eigenvalue weighted by Gasteiger charge is 2.34. The zero-order valence-electron chi connectivity index (χ0n) is 14.0. The molecule has 1 aliphatic rings. The van der Waals surface area contributed by atoms with Crippen molar-refractivity contribution in [1.82, 2.24) is 10.6 Å². The van der Waals surface area contributed by atoms with Crippen LogP contribution in [-0.2, 0) is 9.47 Å². The van der Waals surface area contributed by atoms with Gasteiger partial charge in [0, 0.05) is 33.9 Å². The molecule has 0 aliphatic heterocycles. The van der Waals surface area contributed by atoms with Gasteiger partial charge in [-0.05, 0) is 37.5 Å². The van der Waals surface area contributed by atoms with Gasteiger partial charge in [0.25, 0.3) is 0 Å². The number of methoxy groups -OCH3 is 1. The first-order valence-electron chi connectivity index (χ1n) is 8.27. The number of ether oxygens (including phenoxy) is 2. The van der Waals surface area contributed by atoms with E-state index < -0.39 is 0 Å². The molecule has 0 atom stereocenters. The summed E-state index contributed by atoms with van der Waals surface area (Å²) < 4.78 is 10.4. The number of nitrogens with one attached hydrogen (secondary N) is 2. The topological polar surface area (TPSA) is 54.9 Å². The Balaban J connectivity index is 2.01. The van der Waals surface area contributed by atoms with Crippen molar-refractivity contribution in [3.63, 3.8) is 0 Å². The number of unbranched alkanes of at least 4 members (excludes halogenated alkanes) is 1. The minimum Gasteiger partial charge on any atom is -0.382 e. The molecule has 5 nitrogen and oxygen atoms in total. The number of hydrogen-bond donors (Lipinski definition) is 2. The van der Waals surface area contributed by atoms with Gasteiger partial charge in [0.15, 0.2) is 5.96 Å². The average Bonchev–Trinajstić information content (AvgIpc) is 2.47. The first kappa shape index (κ1) is 18.2. The maximum absolute atomic E-state index is 5.44. The molecule has 1 fully saturated rings. The third-order valence-electron chi connectivity index (χ3n) is 4.46. The molecular weight excluding hydrogens is 266 g/mol. The minimum atomic E-state index is 0.521. The Bertz CT molecular complexity index is 286. The number of nitrogens with zero attached hydrogens (tertiary/aromatic N) is 1. The third-order valence-corrected chi connectivity index (χ3v) is 4.46. The van der Waals surface area contributed by atoms with E-state index in [1.807, 2.05) is 7.05 Å². The van der Waals surface area contributed by atoms with Gasteiger partial charge in [-0.3, -0.25) is 4.99 Å². The van der Waals surface area contributed by atoms with E-state index >= 15 is 0 Å². The first-order valence-corrected chi connectivity index (χ1v) is 8.27. The minimum absolute atomic E-state index is 0.521. The molecule has 2 N–H and O–H groups in total. The highest BCUT2D eigenvalue weighted by Crippen LogP contribution is 2.42. The highest BCUT2D eigenvalue weighted by atomic mass is 16.5. The molecule has 0 aromatic carbocycles. The Kier molecular flexibility index (Phi) is 9.42. The van der Waals surface area contributed by atoms with E-state index in [9.17, 15) is 0 Å². The Labute approximate surface area is 129 Å².